The molecule has 0 fully saturated rings. The smallest absolute Gasteiger partial charge is 0.355 e. The third kappa shape index (κ3) is 4.05. The molecule has 0 unspecified atom stereocenters. The molecule has 4 N–H and O–H groups in total. The molecule has 174 valence electrons. The molecule has 0 atom stereocenters. The molecule has 33 heavy (non-hydrogen) atoms. The van der Waals surface area contributed by atoms with Gasteiger partial charge >= 0.3 is 5.97 Å². The van der Waals surface area contributed by atoms with Crippen molar-refractivity contribution < 1.29 is 31.7 Å². The summed E-state index contributed by atoms with van der Waals surface area (Å²) in [4.78, 5) is 39.7. The number of benzene rings is 1. The molecule has 0 bridgehead atoms. The van der Waals surface area contributed by atoms with Crippen LogP contribution in [0.2, 0.25) is 0 Å². The molecule has 3 heterocycles. The van der Waals surface area contributed by atoms with E-state index in [1.54, 1.807) is 19.9 Å². The molecule has 2 amide bonds. The minimum atomic E-state index is -3.91. The van der Waals surface area contributed by atoms with E-state index >= 15 is 0 Å². The maximum Gasteiger partial charge on any atom is 0.355 e. The first-order valence-corrected chi connectivity index (χ1v) is 11.8. The highest BCUT2D eigenvalue weighted by molar-refractivity contribution is 7.86. The molecule has 0 saturated carbocycles. The van der Waals surface area contributed by atoms with E-state index in [2.05, 4.69) is 10.3 Å². The van der Waals surface area contributed by atoms with Crippen LogP contribution in [-0.4, -0.2) is 44.4 Å². The standard InChI is InChI=1S/C22H23N3O7S/c1-3-31-22(28)20-11(2)12(4-7-18(23)26)16(24-20)10-14-19-13-8-9-32-33(29,30)17(13)6-5-15(19)25-21(14)27/h5-6,10,24H,3-4,7-9H2,1-2H3,(H2,23,26)(H,25,27)/b14-10-. The van der Waals surface area contributed by atoms with Crippen LogP contribution in [0.3, 0.4) is 0 Å². The zero-order valence-electron chi connectivity index (χ0n) is 18.1. The molecule has 2 aliphatic heterocycles. The number of amides is 2. The van der Waals surface area contributed by atoms with Crippen LogP contribution in [0.25, 0.3) is 11.6 Å². The third-order valence-corrected chi connectivity index (χ3v) is 7.09. The van der Waals surface area contributed by atoms with Crippen molar-refractivity contribution >= 4 is 45.2 Å². The highest BCUT2D eigenvalue weighted by Crippen LogP contribution is 2.41. The molecule has 1 aromatic carbocycles. The predicted octanol–water partition coefficient (Wildman–Crippen LogP) is 1.67. The number of carbonyl (C=O) groups excluding carboxylic acids is 3. The largest absolute Gasteiger partial charge is 0.461 e. The first kappa shape index (κ1) is 22.7. The highest BCUT2D eigenvalue weighted by atomic mass is 32.2. The van der Waals surface area contributed by atoms with Gasteiger partial charge in [0.15, 0.2) is 0 Å². The second kappa shape index (κ2) is 8.49. The number of hydrogen-bond acceptors (Lipinski definition) is 7. The SMILES string of the molecule is CCOC(=O)c1[nH]c(/C=C2\C(=O)Nc3ccc4c(c32)CCOS4(=O)=O)c(CCC(N)=O)c1C. The summed E-state index contributed by atoms with van der Waals surface area (Å²) in [5.41, 5.74) is 8.93. The van der Waals surface area contributed by atoms with Crippen molar-refractivity contribution in [3.63, 3.8) is 0 Å². The zero-order valence-corrected chi connectivity index (χ0v) is 18.9. The van der Waals surface area contributed by atoms with Gasteiger partial charge in [-0.3, -0.25) is 13.8 Å². The fraction of sp³-hybridized carbons (Fsp3) is 0.318. The molecule has 0 spiro atoms. The van der Waals surface area contributed by atoms with E-state index in [4.69, 9.17) is 14.7 Å². The van der Waals surface area contributed by atoms with Crippen molar-refractivity contribution in [2.45, 2.75) is 38.0 Å². The van der Waals surface area contributed by atoms with Crippen molar-refractivity contribution in [2.24, 2.45) is 5.73 Å². The molecule has 10 nitrogen and oxygen atoms in total. The fourth-order valence-corrected chi connectivity index (χ4v) is 5.35. The Morgan fingerprint density at radius 2 is 2.06 bits per heavy atom. The predicted molar refractivity (Wildman–Crippen MR) is 119 cm³/mol. The van der Waals surface area contributed by atoms with Crippen LogP contribution in [0.4, 0.5) is 5.69 Å². The Morgan fingerprint density at radius 1 is 1.30 bits per heavy atom. The van der Waals surface area contributed by atoms with E-state index in [0.29, 0.717) is 40.1 Å². The second-order valence-corrected chi connectivity index (χ2v) is 9.29. The Bertz CT molecular complexity index is 1320. The van der Waals surface area contributed by atoms with Crippen LogP contribution in [0.1, 0.15) is 51.8 Å². The fourth-order valence-electron chi connectivity index (χ4n) is 4.18. The number of ether oxygens (including phenoxy) is 1. The molecule has 2 aliphatic rings. The lowest BCUT2D eigenvalue weighted by atomic mass is 9.96. The van der Waals surface area contributed by atoms with E-state index in [1.807, 2.05) is 0 Å². The number of anilines is 1. The second-order valence-electron chi connectivity index (χ2n) is 7.71. The molecule has 0 aliphatic carbocycles. The van der Waals surface area contributed by atoms with Gasteiger partial charge in [-0.2, -0.15) is 8.42 Å². The number of primary amides is 1. The molecule has 4 rings (SSSR count). The number of hydrogen-bond donors (Lipinski definition) is 3. The lowest BCUT2D eigenvalue weighted by Gasteiger charge is -2.19. The van der Waals surface area contributed by atoms with Gasteiger partial charge in [0.25, 0.3) is 16.0 Å². The van der Waals surface area contributed by atoms with Crippen molar-refractivity contribution in [1.82, 2.24) is 4.98 Å². The van der Waals surface area contributed by atoms with Gasteiger partial charge in [-0.05, 0) is 61.6 Å². The van der Waals surface area contributed by atoms with E-state index in [0.717, 1.165) is 0 Å². The number of esters is 1. The van der Waals surface area contributed by atoms with Gasteiger partial charge in [-0.25, -0.2) is 4.79 Å². The minimum Gasteiger partial charge on any atom is -0.461 e. The summed E-state index contributed by atoms with van der Waals surface area (Å²) >= 11 is 0. The van der Waals surface area contributed by atoms with Crippen molar-refractivity contribution in [2.75, 3.05) is 18.5 Å². The molecule has 1 aromatic heterocycles. The Morgan fingerprint density at radius 3 is 2.76 bits per heavy atom. The Kier molecular flexibility index (Phi) is 5.85. The molecule has 2 aromatic rings. The number of aromatic nitrogens is 1. The monoisotopic (exact) mass is 473 g/mol. The van der Waals surface area contributed by atoms with E-state index in [1.165, 1.54) is 12.1 Å². The number of carbonyl (C=O) groups is 3. The quantitative estimate of drug-likeness (QED) is 0.327. The van der Waals surface area contributed by atoms with Gasteiger partial charge in [0.05, 0.1) is 23.7 Å². The van der Waals surface area contributed by atoms with E-state index < -0.39 is 27.9 Å². The van der Waals surface area contributed by atoms with Gasteiger partial charge in [0.1, 0.15) is 5.69 Å². The third-order valence-electron chi connectivity index (χ3n) is 5.69. The summed E-state index contributed by atoms with van der Waals surface area (Å²) in [5, 5.41) is 2.76. The molecule has 11 heteroatoms. The van der Waals surface area contributed by atoms with Gasteiger partial charge in [0.2, 0.25) is 5.91 Å². The van der Waals surface area contributed by atoms with Crippen LogP contribution < -0.4 is 11.1 Å². The Labute approximate surface area is 190 Å². The van der Waals surface area contributed by atoms with Gasteiger partial charge in [-0.15, -0.1) is 0 Å². The summed E-state index contributed by atoms with van der Waals surface area (Å²) in [7, 11) is -3.91. The summed E-state index contributed by atoms with van der Waals surface area (Å²) < 4.78 is 34.7. The molecule has 0 radical (unpaired) electrons. The van der Waals surface area contributed by atoms with Crippen LogP contribution in [0.15, 0.2) is 17.0 Å². The maximum atomic E-state index is 12.8. The van der Waals surface area contributed by atoms with Crippen LogP contribution in [0, 0.1) is 6.92 Å². The van der Waals surface area contributed by atoms with Crippen molar-refractivity contribution in [1.29, 1.82) is 0 Å². The number of rotatable bonds is 6. The van der Waals surface area contributed by atoms with E-state index in [9.17, 15) is 22.8 Å². The summed E-state index contributed by atoms with van der Waals surface area (Å²) in [6.07, 6.45) is 2.18. The van der Waals surface area contributed by atoms with Crippen LogP contribution in [-0.2, 0) is 41.5 Å². The first-order valence-electron chi connectivity index (χ1n) is 10.4. The topological polar surface area (TPSA) is 158 Å². The number of aromatic amines is 1. The lowest BCUT2D eigenvalue weighted by molar-refractivity contribution is -0.118. The number of nitrogens with two attached hydrogens (primary N) is 1. The highest BCUT2D eigenvalue weighted by Gasteiger charge is 2.34. The minimum absolute atomic E-state index is 0.0221. The van der Waals surface area contributed by atoms with Gasteiger partial charge < -0.3 is 20.8 Å². The van der Waals surface area contributed by atoms with Crippen LogP contribution >= 0.6 is 0 Å². The molecular formula is C22H23N3O7S. The maximum absolute atomic E-state index is 12.8. The summed E-state index contributed by atoms with van der Waals surface area (Å²) in [6.45, 7) is 3.57. The number of fused-ring (bicyclic) bond motifs is 3. The van der Waals surface area contributed by atoms with Crippen molar-refractivity contribution in [3.8, 4) is 0 Å². The van der Waals surface area contributed by atoms with Crippen molar-refractivity contribution in [3.05, 3.63) is 45.8 Å². The summed E-state index contributed by atoms with van der Waals surface area (Å²) in [6, 6.07) is 2.94. The average molecular weight is 474 g/mol. The number of H-pyrrole nitrogens is 1. The zero-order chi connectivity index (χ0) is 23.9. The first-order chi connectivity index (χ1) is 15.6. The normalized spacial score (nSPS) is 17.4. The Balaban J connectivity index is 1.88. The van der Waals surface area contributed by atoms with E-state index in [-0.39, 0.29) is 42.2 Å². The summed E-state index contributed by atoms with van der Waals surface area (Å²) in [5.74, 6) is -1.47. The number of nitrogens with one attached hydrogen (secondary N) is 2. The van der Waals surface area contributed by atoms with Gasteiger partial charge in [-0.1, -0.05) is 0 Å². The van der Waals surface area contributed by atoms with Crippen LogP contribution in [0.5, 0.6) is 0 Å². The Hall–Kier alpha value is -3.44. The lowest BCUT2D eigenvalue weighted by Crippen LogP contribution is -2.19. The molecule has 0 saturated heterocycles. The average Bonchev–Trinajstić information content (AvgIpc) is 3.23. The van der Waals surface area contributed by atoms with Gasteiger partial charge in [0, 0.05) is 23.4 Å². The molecular weight excluding hydrogens is 450 g/mol.